The zero-order valence-electron chi connectivity index (χ0n) is 16.5. The van der Waals surface area contributed by atoms with Crippen molar-refractivity contribution in [2.45, 2.75) is 23.9 Å². The third-order valence-electron chi connectivity index (χ3n) is 4.54. The van der Waals surface area contributed by atoms with E-state index in [0.717, 1.165) is 16.6 Å². The molecule has 0 unspecified atom stereocenters. The maximum absolute atomic E-state index is 12.1. The van der Waals surface area contributed by atoms with Crippen molar-refractivity contribution < 1.29 is 4.74 Å². The van der Waals surface area contributed by atoms with Crippen LogP contribution in [0, 0.1) is 0 Å². The Labute approximate surface area is 177 Å². The maximum Gasteiger partial charge on any atom is 0.330 e. The maximum atomic E-state index is 12.1. The van der Waals surface area contributed by atoms with Crippen molar-refractivity contribution in [3.63, 3.8) is 0 Å². The van der Waals surface area contributed by atoms with Crippen LogP contribution >= 0.6 is 23.4 Å². The monoisotopic (exact) mass is 435 g/mol. The number of halogens is 1. The molecule has 0 spiro atoms. The van der Waals surface area contributed by atoms with Gasteiger partial charge in [0.05, 0.1) is 5.02 Å². The third kappa shape index (κ3) is 4.63. The van der Waals surface area contributed by atoms with Gasteiger partial charge in [0, 0.05) is 57.4 Å². The lowest BCUT2D eigenvalue weighted by Gasteiger charge is -2.12. The lowest BCUT2D eigenvalue weighted by Crippen LogP contribution is -2.37. The minimum Gasteiger partial charge on any atom is -0.385 e. The van der Waals surface area contributed by atoms with E-state index in [4.69, 9.17) is 16.3 Å². The van der Waals surface area contributed by atoms with Gasteiger partial charge in [0.2, 0.25) is 0 Å². The van der Waals surface area contributed by atoms with Crippen molar-refractivity contribution in [3.05, 3.63) is 61.9 Å². The number of benzene rings is 1. The number of nitrogens with zero attached hydrogens (tertiary/aromatic N) is 5. The average Bonchev–Trinajstić information content (AvgIpc) is 3.11. The van der Waals surface area contributed by atoms with Crippen LogP contribution in [0.25, 0.3) is 11.4 Å². The topological polar surface area (TPSA) is 83.9 Å². The average molecular weight is 436 g/mol. The van der Waals surface area contributed by atoms with Gasteiger partial charge in [-0.2, -0.15) is 0 Å². The number of hydrogen-bond acceptors (Lipinski definition) is 6. The number of methoxy groups -OCH3 is 1. The summed E-state index contributed by atoms with van der Waals surface area (Å²) in [4.78, 5) is 24.1. The highest BCUT2D eigenvalue weighted by molar-refractivity contribution is 7.98. The van der Waals surface area contributed by atoms with Gasteiger partial charge in [0.15, 0.2) is 11.0 Å². The Hall–Kier alpha value is -2.36. The van der Waals surface area contributed by atoms with E-state index < -0.39 is 0 Å². The van der Waals surface area contributed by atoms with Crippen molar-refractivity contribution >= 4 is 23.4 Å². The molecule has 1 aromatic carbocycles. The zero-order valence-corrected chi connectivity index (χ0v) is 18.0. The molecule has 0 saturated carbocycles. The molecule has 3 aromatic rings. The van der Waals surface area contributed by atoms with Crippen LogP contribution in [0.15, 0.2) is 45.1 Å². The molecule has 0 bridgehead atoms. The highest BCUT2D eigenvalue weighted by Crippen LogP contribution is 2.30. The summed E-state index contributed by atoms with van der Waals surface area (Å²) in [5.74, 6) is 1.08. The minimum atomic E-state index is -0.355. The van der Waals surface area contributed by atoms with Crippen LogP contribution in [0.2, 0.25) is 5.02 Å². The fourth-order valence-electron chi connectivity index (χ4n) is 2.86. The van der Waals surface area contributed by atoms with Crippen LogP contribution in [-0.2, 0) is 31.1 Å². The largest absolute Gasteiger partial charge is 0.385 e. The molecule has 0 aliphatic rings. The summed E-state index contributed by atoms with van der Waals surface area (Å²) in [5, 5.41) is 9.95. The highest BCUT2D eigenvalue weighted by Gasteiger charge is 2.17. The van der Waals surface area contributed by atoms with Gasteiger partial charge in [0.1, 0.15) is 0 Å². The van der Waals surface area contributed by atoms with E-state index in [-0.39, 0.29) is 11.2 Å². The van der Waals surface area contributed by atoms with Gasteiger partial charge in [-0.3, -0.25) is 13.9 Å². The van der Waals surface area contributed by atoms with Crippen molar-refractivity contribution in [3.8, 4) is 11.4 Å². The van der Waals surface area contributed by atoms with E-state index in [1.54, 1.807) is 14.2 Å². The lowest BCUT2D eigenvalue weighted by atomic mass is 10.2. The van der Waals surface area contributed by atoms with Gasteiger partial charge in [-0.1, -0.05) is 35.5 Å². The predicted octanol–water partition coefficient (Wildman–Crippen LogP) is 2.32. The van der Waals surface area contributed by atoms with E-state index >= 15 is 0 Å². The standard InChI is InChI=1S/C19H22ClN5O3S/c1-23-13(11-16(26)24(2)19(23)27)12-29-18-22-21-17(25(18)9-6-10-28-3)14-7-4-5-8-15(14)20/h4-5,7-8,11H,6,9-10,12H2,1-3H3. The van der Waals surface area contributed by atoms with E-state index in [1.807, 2.05) is 28.8 Å². The Kier molecular flexibility index (Phi) is 6.94. The molecule has 0 fully saturated rings. The fraction of sp³-hybridized carbons (Fsp3) is 0.368. The van der Waals surface area contributed by atoms with Crippen molar-refractivity contribution in [1.29, 1.82) is 0 Å². The Morgan fingerprint density at radius 1 is 1.14 bits per heavy atom. The van der Waals surface area contributed by atoms with Crippen LogP contribution in [0.4, 0.5) is 0 Å². The first-order valence-corrected chi connectivity index (χ1v) is 10.4. The number of ether oxygens (including phenoxy) is 1. The highest BCUT2D eigenvalue weighted by atomic mass is 35.5. The molecule has 2 heterocycles. The molecule has 0 aliphatic heterocycles. The second-order valence-corrected chi connectivity index (χ2v) is 7.80. The van der Waals surface area contributed by atoms with Crippen molar-refractivity contribution in [2.24, 2.45) is 14.1 Å². The quantitative estimate of drug-likeness (QED) is 0.399. The lowest BCUT2D eigenvalue weighted by molar-refractivity contribution is 0.189. The molecular formula is C19H22ClN5O3S. The van der Waals surface area contributed by atoms with E-state index in [0.29, 0.717) is 40.6 Å². The first-order valence-electron chi connectivity index (χ1n) is 8.99. The summed E-state index contributed by atoms with van der Waals surface area (Å²) in [6, 6.07) is 8.95. The number of hydrogen-bond donors (Lipinski definition) is 0. The molecule has 8 nitrogen and oxygen atoms in total. The molecular weight excluding hydrogens is 414 g/mol. The molecule has 0 N–H and O–H groups in total. The summed E-state index contributed by atoms with van der Waals surface area (Å²) < 4.78 is 9.71. The smallest absolute Gasteiger partial charge is 0.330 e. The summed E-state index contributed by atoms with van der Waals surface area (Å²) >= 11 is 7.77. The van der Waals surface area contributed by atoms with Gasteiger partial charge in [-0.15, -0.1) is 10.2 Å². The fourth-order valence-corrected chi connectivity index (χ4v) is 4.07. The van der Waals surface area contributed by atoms with Gasteiger partial charge >= 0.3 is 5.69 Å². The molecule has 0 atom stereocenters. The Bertz CT molecular complexity index is 1120. The second-order valence-electron chi connectivity index (χ2n) is 6.45. The molecule has 10 heteroatoms. The summed E-state index contributed by atoms with van der Waals surface area (Å²) in [7, 11) is 4.77. The Balaban J connectivity index is 1.92. The molecule has 3 rings (SSSR count). The molecule has 154 valence electrons. The van der Waals surface area contributed by atoms with Crippen LogP contribution in [0.1, 0.15) is 12.1 Å². The van der Waals surface area contributed by atoms with Crippen LogP contribution in [-0.4, -0.2) is 37.6 Å². The second kappa shape index (κ2) is 9.43. The van der Waals surface area contributed by atoms with Gasteiger partial charge in [-0.05, 0) is 18.6 Å². The van der Waals surface area contributed by atoms with Crippen LogP contribution < -0.4 is 11.2 Å². The SMILES string of the molecule is COCCCn1c(SCc2cc(=O)n(C)c(=O)n2C)nnc1-c1ccccc1Cl. The molecule has 0 aliphatic carbocycles. The van der Waals surface area contributed by atoms with Crippen LogP contribution in [0.3, 0.4) is 0 Å². The number of aromatic nitrogens is 5. The zero-order chi connectivity index (χ0) is 21.0. The Morgan fingerprint density at radius 2 is 1.90 bits per heavy atom. The van der Waals surface area contributed by atoms with E-state index in [1.165, 1.54) is 29.4 Å². The molecule has 29 heavy (non-hydrogen) atoms. The first-order chi connectivity index (χ1) is 13.9. The van der Waals surface area contributed by atoms with Crippen molar-refractivity contribution in [2.75, 3.05) is 13.7 Å². The summed E-state index contributed by atoms with van der Waals surface area (Å²) in [6.07, 6.45) is 0.782. The van der Waals surface area contributed by atoms with E-state index in [2.05, 4.69) is 10.2 Å². The minimum absolute atomic E-state index is 0.331. The molecule has 0 radical (unpaired) electrons. The normalized spacial score (nSPS) is 11.2. The van der Waals surface area contributed by atoms with Gasteiger partial charge in [0.25, 0.3) is 5.56 Å². The van der Waals surface area contributed by atoms with Crippen molar-refractivity contribution in [1.82, 2.24) is 23.9 Å². The number of rotatable bonds is 8. The summed E-state index contributed by atoms with van der Waals surface area (Å²) in [6.45, 7) is 1.26. The van der Waals surface area contributed by atoms with Gasteiger partial charge < -0.3 is 9.30 Å². The molecule has 0 amide bonds. The predicted molar refractivity (Wildman–Crippen MR) is 113 cm³/mol. The number of thioether (sulfide) groups is 1. The van der Waals surface area contributed by atoms with Crippen LogP contribution in [0.5, 0.6) is 0 Å². The molecule has 0 saturated heterocycles. The summed E-state index contributed by atoms with van der Waals surface area (Å²) in [5.41, 5.74) is 0.731. The van der Waals surface area contributed by atoms with E-state index in [9.17, 15) is 9.59 Å². The third-order valence-corrected chi connectivity index (χ3v) is 5.87. The first kappa shape index (κ1) is 21.4. The molecule has 2 aromatic heterocycles. The van der Waals surface area contributed by atoms with Gasteiger partial charge in [-0.25, -0.2) is 4.79 Å². The Morgan fingerprint density at radius 3 is 2.62 bits per heavy atom.